The van der Waals surface area contributed by atoms with Crippen molar-refractivity contribution in [3.63, 3.8) is 0 Å². The molecule has 1 aromatic heterocycles. The van der Waals surface area contributed by atoms with E-state index in [9.17, 15) is 4.79 Å². The van der Waals surface area contributed by atoms with Gasteiger partial charge >= 0.3 is 0 Å². The molecule has 0 spiro atoms. The lowest BCUT2D eigenvalue weighted by Gasteiger charge is -2.34. The zero-order valence-corrected chi connectivity index (χ0v) is 15.7. The number of hydrogen-bond acceptors (Lipinski definition) is 4. The monoisotopic (exact) mass is 352 g/mol. The number of nitrogens with zero attached hydrogens (tertiary/aromatic N) is 3. The Morgan fingerprint density at radius 3 is 2.46 bits per heavy atom. The summed E-state index contributed by atoms with van der Waals surface area (Å²) in [6, 6.07) is 14.2. The lowest BCUT2D eigenvalue weighted by Crippen LogP contribution is -2.48. The lowest BCUT2D eigenvalue weighted by molar-refractivity contribution is -0.117. The number of amides is 1. The summed E-state index contributed by atoms with van der Waals surface area (Å²) in [5.74, 6) is 1.61. The second-order valence-corrected chi connectivity index (χ2v) is 6.93. The second kappa shape index (κ2) is 8.81. The van der Waals surface area contributed by atoms with Gasteiger partial charge in [0.25, 0.3) is 0 Å². The van der Waals surface area contributed by atoms with Crippen molar-refractivity contribution < 1.29 is 4.79 Å². The molecule has 5 heteroatoms. The molecule has 1 aliphatic rings. The van der Waals surface area contributed by atoms with E-state index >= 15 is 0 Å². The molecule has 0 bridgehead atoms. The van der Waals surface area contributed by atoms with E-state index in [1.165, 1.54) is 5.56 Å². The highest BCUT2D eigenvalue weighted by Gasteiger charge is 2.19. The first-order chi connectivity index (χ1) is 12.7. The van der Waals surface area contributed by atoms with Gasteiger partial charge in [0.15, 0.2) is 0 Å². The van der Waals surface area contributed by atoms with E-state index in [-0.39, 0.29) is 5.91 Å². The predicted octanol–water partition coefficient (Wildman–Crippen LogP) is 3.36. The van der Waals surface area contributed by atoms with Crippen LogP contribution in [0.4, 0.5) is 11.5 Å². The van der Waals surface area contributed by atoms with E-state index in [0.29, 0.717) is 12.5 Å². The van der Waals surface area contributed by atoms with Crippen LogP contribution in [0.15, 0.2) is 48.7 Å². The summed E-state index contributed by atoms with van der Waals surface area (Å²) < 4.78 is 0. The van der Waals surface area contributed by atoms with E-state index in [4.69, 9.17) is 0 Å². The topological polar surface area (TPSA) is 48.5 Å². The van der Waals surface area contributed by atoms with Crippen LogP contribution < -0.4 is 10.2 Å². The number of pyridine rings is 1. The molecule has 1 N–H and O–H groups in total. The van der Waals surface area contributed by atoms with Crippen molar-refractivity contribution >= 4 is 17.4 Å². The van der Waals surface area contributed by atoms with E-state index < -0.39 is 0 Å². The molecular weight excluding hydrogens is 324 g/mol. The molecule has 1 fully saturated rings. The number of rotatable bonds is 6. The number of anilines is 2. The van der Waals surface area contributed by atoms with Crippen LogP contribution in [0.25, 0.3) is 0 Å². The van der Waals surface area contributed by atoms with Gasteiger partial charge in [0.2, 0.25) is 5.91 Å². The largest absolute Gasteiger partial charge is 0.354 e. The SMILES string of the molecule is CC[C@H](C)c1ccc(NC(=O)CN2CCN(c3ccccn3)CC2)cc1. The quantitative estimate of drug-likeness (QED) is 0.866. The Balaban J connectivity index is 1.46. The number of piperazine rings is 1. The number of carbonyl (C=O) groups excluding carboxylic acids is 1. The third-order valence-electron chi connectivity index (χ3n) is 5.09. The lowest BCUT2D eigenvalue weighted by atomic mass is 9.99. The van der Waals surface area contributed by atoms with Crippen LogP contribution in [0.5, 0.6) is 0 Å². The fourth-order valence-corrected chi connectivity index (χ4v) is 3.21. The Labute approximate surface area is 156 Å². The molecule has 1 saturated heterocycles. The highest BCUT2D eigenvalue weighted by Crippen LogP contribution is 2.20. The first-order valence-electron chi connectivity index (χ1n) is 9.44. The smallest absolute Gasteiger partial charge is 0.238 e. The van der Waals surface area contributed by atoms with Crippen molar-refractivity contribution in [2.24, 2.45) is 0 Å². The maximum Gasteiger partial charge on any atom is 0.238 e. The minimum atomic E-state index is 0.0487. The summed E-state index contributed by atoms with van der Waals surface area (Å²) in [5, 5.41) is 3.01. The summed E-state index contributed by atoms with van der Waals surface area (Å²) in [4.78, 5) is 21.2. The molecule has 1 aliphatic heterocycles. The summed E-state index contributed by atoms with van der Waals surface area (Å²) in [6.45, 7) is 8.38. The Hall–Kier alpha value is -2.40. The van der Waals surface area contributed by atoms with Gasteiger partial charge in [-0.2, -0.15) is 0 Å². The fraction of sp³-hybridized carbons (Fsp3) is 0.429. The summed E-state index contributed by atoms with van der Waals surface area (Å²) in [7, 11) is 0. The van der Waals surface area contributed by atoms with Crippen molar-refractivity contribution in [2.75, 3.05) is 42.9 Å². The van der Waals surface area contributed by atoms with Gasteiger partial charge < -0.3 is 10.2 Å². The molecular formula is C21H28N4O. The Bertz CT molecular complexity index is 694. The minimum absolute atomic E-state index is 0.0487. The number of aromatic nitrogens is 1. The second-order valence-electron chi connectivity index (χ2n) is 6.93. The molecule has 26 heavy (non-hydrogen) atoms. The molecule has 0 aliphatic carbocycles. The highest BCUT2D eigenvalue weighted by molar-refractivity contribution is 5.92. The Morgan fingerprint density at radius 1 is 1.12 bits per heavy atom. The van der Waals surface area contributed by atoms with E-state index in [1.54, 1.807) is 0 Å². The fourth-order valence-electron chi connectivity index (χ4n) is 3.21. The van der Waals surface area contributed by atoms with Crippen LogP contribution in [0.3, 0.4) is 0 Å². The molecule has 3 rings (SSSR count). The van der Waals surface area contributed by atoms with Gasteiger partial charge in [0.1, 0.15) is 5.82 Å². The predicted molar refractivity (Wildman–Crippen MR) is 107 cm³/mol. The molecule has 0 radical (unpaired) electrons. The van der Waals surface area contributed by atoms with Crippen molar-refractivity contribution in [3.8, 4) is 0 Å². The average Bonchev–Trinajstić information content (AvgIpc) is 2.69. The number of nitrogens with one attached hydrogen (secondary N) is 1. The maximum absolute atomic E-state index is 12.3. The van der Waals surface area contributed by atoms with Crippen molar-refractivity contribution in [3.05, 3.63) is 54.2 Å². The zero-order chi connectivity index (χ0) is 18.4. The molecule has 138 valence electrons. The van der Waals surface area contributed by atoms with E-state index in [0.717, 1.165) is 44.1 Å². The number of benzene rings is 1. The van der Waals surface area contributed by atoms with Crippen LogP contribution in [0.2, 0.25) is 0 Å². The molecule has 2 aromatic rings. The summed E-state index contributed by atoms with van der Waals surface area (Å²) >= 11 is 0. The van der Waals surface area contributed by atoms with Crippen molar-refractivity contribution in [2.45, 2.75) is 26.2 Å². The molecule has 5 nitrogen and oxygen atoms in total. The first-order valence-corrected chi connectivity index (χ1v) is 9.44. The van der Waals surface area contributed by atoms with Crippen LogP contribution in [0.1, 0.15) is 31.7 Å². The van der Waals surface area contributed by atoms with Crippen molar-refractivity contribution in [1.82, 2.24) is 9.88 Å². The van der Waals surface area contributed by atoms with Gasteiger partial charge in [0, 0.05) is 38.1 Å². The number of carbonyl (C=O) groups is 1. The van der Waals surface area contributed by atoms with Gasteiger partial charge in [-0.15, -0.1) is 0 Å². The third kappa shape index (κ3) is 4.82. The van der Waals surface area contributed by atoms with Gasteiger partial charge in [0.05, 0.1) is 6.54 Å². The van der Waals surface area contributed by atoms with Crippen LogP contribution >= 0.6 is 0 Å². The molecule has 0 unspecified atom stereocenters. The first kappa shape index (κ1) is 18.4. The summed E-state index contributed by atoms with van der Waals surface area (Å²) in [6.07, 6.45) is 2.94. The molecule has 0 saturated carbocycles. The molecule has 2 heterocycles. The standard InChI is InChI=1S/C21H28N4O/c1-3-17(2)18-7-9-19(10-8-18)23-21(26)16-24-12-14-25(15-13-24)20-6-4-5-11-22-20/h4-11,17H,3,12-16H2,1-2H3,(H,23,26)/t17-/m0/s1. The third-order valence-corrected chi connectivity index (χ3v) is 5.09. The molecule has 1 aromatic carbocycles. The Morgan fingerprint density at radius 2 is 1.85 bits per heavy atom. The molecule has 1 amide bonds. The van der Waals surface area contributed by atoms with E-state index in [2.05, 4.69) is 46.1 Å². The highest BCUT2D eigenvalue weighted by atomic mass is 16.2. The van der Waals surface area contributed by atoms with Crippen LogP contribution in [-0.4, -0.2) is 48.5 Å². The Kier molecular flexibility index (Phi) is 6.23. The normalized spacial score (nSPS) is 16.3. The summed E-state index contributed by atoms with van der Waals surface area (Å²) in [5.41, 5.74) is 2.19. The van der Waals surface area contributed by atoms with Gasteiger partial charge in [-0.05, 0) is 42.2 Å². The van der Waals surface area contributed by atoms with E-state index in [1.807, 2.05) is 36.5 Å². The van der Waals surface area contributed by atoms with Gasteiger partial charge in [-0.3, -0.25) is 9.69 Å². The van der Waals surface area contributed by atoms with Gasteiger partial charge in [-0.1, -0.05) is 32.0 Å². The van der Waals surface area contributed by atoms with Crippen molar-refractivity contribution in [1.29, 1.82) is 0 Å². The van der Waals surface area contributed by atoms with Crippen LogP contribution in [0, 0.1) is 0 Å². The minimum Gasteiger partial charge on any atom is -0.354 e. The molecule has 1 atom stereocenters. The maximum atomic E-state index is 12.3. The number of hydrogen-bond donors (Lipinski definition) is 1. The average molecular weight is 352 g/mol. The van der Waals surface area contributed by atoms with Crippen LogP contribution in [-0.2, 0) is 4.79 Å². The van der Waals surface area contributed by atoms with Gasteiger partial charge in [-0.25, -0.2) is 4.98 Å². The zero-order valence-electron chi connectivity index (χ0n) is 15.7.